The first-order valence-corrected chi connectivity index (χ1v) is 6.81. The molecule has 0 amide bonds. The topological polar surface area (TPSA) is 29.3 Å². The van der Waals surface area contributed by atoms with Gasteiger partial charge in [0, 0.05) is 18.8 Å². The molecule has 0 unspecified atom stereocenters. The van der Waals surface area contributed by atoms with E-state index in [9.17, 15) is 0 Å². The van der Waals surface area contributed by atoms with E-state index in [-0.39, 0.29) is 0 Å². The fourth-order valence-electron chi connectivity index (χ4n) is 2.35. The largest absolute Gasteiger partial charge is 0.371 e. The van der Waals surface area contributed by atoms with Crippen molar-refractivity contribution >= 4 is 5.69 Å². The summed E-state index contributed by atoms with van der Waals surface area (Å²) in [4.78, 5) is 2.51. The van der Waals surface area contributed by atoms with Crippen molar-refractivity contribution in [3.8, 4) is 0 Å². The van der Waals surface area contributed by atoms with E-state index in [1.54, 1.807) is 0 Å². The lowest BCUT2D eigenvalue weighted by Crippen LogP contribution is -2.34. The van der Waals surface area contributed by atoms with E-state index < -0.39 is 0 Å². The minimum absolute atomic E-state index is 0.785. The first-order valence-electron chi connectivity index (χ1n) is 6.81. The summed E-state index contributed by atoms with van der Waals surface area (Å²) < 4.78 is 0. The molecular weight excluding hydrogens is 208 g/mol. The summed E-state index contributed by atoms with van der Waals surface area (Å²) in [6.45, 7) is 5.23. The zero-order valence-corrected chi connectivity index (χ0v) is 10.9. The molecule has 1 aromatic rings. The van der Waals surface area contributed by atoms with Crippen LogP contribution in [-0.4, -0.2) is 19.6 Å². The third kappa shape index (κ3) is 3.47. The van der Waals surface area contributed by atoms with Crippen molar-refractivity contribution < 1.29 is 0 Å². The van der Waals surface area contributed by atoms with Gasteiger partial charge in [-0.1, -0.05) is 24.1 Å². The van der Waals surface area contributed by atoms with E-state index in [0.717, 1.165) is 25.4 Å². The average Bonchev–Trinajstić information content (AvgIpc) is 2.28. The molecule has 1 aliphatic carbocycles. The molecule has 2 N–H and O–H groups in total. The second-order valence-electron chi connectivity index (χ2n) is 5.22. The maximum absolute atomic E-state index is 5.63. The van der Waals surface area contributed by atoms with E-state index in [4.69, 9.17) is 5.73 Å². The summed E-state index contributed by atoms with van der Waals surface area (Å²) in [5, 5.41) is 0. The normalized spacial score (nSPS) is 15.6. The van der Waals surface area contributed by atoms with E-state index in [0.29, 0.717) is 0 Å². The quantitative estimate of drug-likeness (QED) is 0.817. The lowest BCUT2D eigenvalue weighted by atomic mass is 9.85. The molecule has 94 valence electrons. The second kappa shape index (κ2) is 6.06. The number of nitrogens with zero attached hydrogens (tertiary/aromatic N) is 1. The number of rotatable bonds is 6. The van der Waals surface area contributed by atoms with Crippen LogP contribution in [0.15, 0.2) is 24.3 Å². The maximum Gasteiger partial charge on any atom is 0.0366 e. The van der Waals surface area contributed by atoms with Crippen LogP contribution in [0.3, 0.4) is 0 Å². The van der Waals surface area contributed by atoms with Crippen LogP contribution in [0, 0.1) is 12.8 Å². The minimum Gasteiger partial charge on any atom is -0.371 e. The molecular formula is C15H24N2. The number of benzene rings is 1. The van der Waals surface area contributed by atoms with E-state index in [1.165, 1.54) is 37.1 Å². The van der Waals surface area contributed by atoms with Crippen molar-refractivity contribution in [2.24, 2.45) is 11.7 Å². The van der Waals surface area contributed by atoms with Gasteiger partial charge in [0.2, 0.25) is 0 Å². The number of hydrogen-bond donors (Lipinski definition) is 1. The zero-order valence-electron chi connectivity index (χ0n) is 10.9. The molecule has 1 aliphatic rings. The van der Waals surface area contributed by atoms with Crippen molar-refractivity contribution in [3.63, 3.8) is 0 Å². The Labute approximate surface area is 105 Å². The number of aryl methyl sites for hydroxylation is 1. The Morgan fingerprint density at radius 1 is 1.24 bits per heavy atom. The fourth-order valence-corrected chi connectivity index (χ4v) is 2.35. The van der Waals surface area contributed by atoms with Gasteiger partial charge < -0.3 is 10.6 Å². The van der Waals surface area contributed by atoms with Gasteiger partial charge in [0.25, 0.3) is 0 Å². The van der Waals surface area contributed by atoms with Gasteiger partial charge in [-0.3, -0.25) is 0 Å². The summed E-state index contributed by atoms with van der Waals surface area (Å²) in [6.07, 6.45) is 5.32. The molecule has 0 heterocycles. The molecule has 0 aliphatic heterocycles. The molecule has 2 nitrogen and oxygen atoms in total. The highest BCUT2D eigenvalue weighted by Crippen LogP contribution is 2.29. The van der Waals surface area contributed by atoms with Gasteiger partial charge >= 0.3 is 0 Å². The minimum atomic E-state index is 0.785. The highest BCUT2D eigenvalue weighted by molar-refractivity contribution is 5.47. The van der Waals surface area contributed by atoms with Gasteiger partial charge in [-0.25, -0.2) is 0 Å². The molecule has 0 saturated heterocycles. The zero-order chi connectivity index (χ0) is 12.1. The first-order chi connectivity index (χ1) is 8.29. The summed E-state index contributed by atoms with van der Waals surface area (Å²) in [5.41, 5.74) is 8.32. The average molecular weight is 232 g/mol. The van der Waals surface area contributed by atoms with Crippen LogP contribution in [0.25, 0.3) is 0 Å². The van der Waals surface area contributed by atoms with Gasteiger partial charge in [-0.15, -0.1) is 0 Å². The predicted octanol–water partition coefficient (Wildman–Crippen LogP) is 2.95. The highest BCUT2D eigenvalue weighted by atomic mass is 15.1. The SMILES string of the molecule is Cc1ccc(N(CCCN)CC2CCC2)cc1. The Bertz CT molecular complexity index is 327. The van der Waals surface area contributed by atoms with Gasteiger partial charge in [0.15, 0.2) is 0 Å². The van der Waals surface area contributed by atoms with E-state index in [2.05, 4.69) is 36.1 Å². The maximum atomic E-state index is 5.63. The smallest absolute Gasteiger partial charge is 0.0366 e. The van der Waals surface area contributed by atoms with Gasteiger partial charge in [0.1, 0.15) is 0 Å². The molecule has 1 aromatic carbocycles. The molecule has 17 heavy (non-hydrogen) atoms. The number of nitrogens with two attached hydrogens (primary N) is 1. The molecule has 0 bridgehead atoms. The summed E-state index contributed by atoms with van der Waals surface area (Å²) in [6, 6.07) is 8.88. The molecule has 1 fully saturated rings. The lowest BCUT2D eigenvalue weighted by molar-refractivity contribution is 0.317. The first kappa shape index (κ1) is 12.4. The standard InChI is InChI=1S/C15H24N2/c1-13-6-8-15(9-7-13)17(11-3-10-16)12-14-4-2-5-14/h6-9,14H,2-5,10-12,16H2,1H3. The summed E-state index contributed by atoms with van der Waals surface area (Å²) in [7, 11) is 0. The second-order valence-corrected chi connectivity index (χ2v) is 5.22. The van der Waals surface area contributed by atoms with Gasteiger partial charge in [-0.05, 0) is 50.8 Å². The van der Waals surface area contributed by atoms with Crippen LogP contribution in [-0.2, 0) is 0 Å². The molecule has 2 rings (SSSR count). The summed E-state index contributed by atoms with van der Waals surface area (Å²) in [5.74, 6) is 0.911. The van der Waals surface area contributed by atoms with Crippen LogP contribution in [0.2, 0.25) is 0 Å². The lowest BCUT2D eigenvalue weighted by Gasteiger charge is -2.34. The van der Waals surface area contributed by atoms with Crippen molar-refractivity contribution in [1.29, 1.82) is 0 Å². The molecule has 0 spiro atoms. The van der Waals surface area contributed by atoms with Crippen LogP contribution in [0.4, 0.5) is 5.69 Å². The fraction of sp³-hybridized carbons (Fsp3) is 0.600. The molecule has 0 aromatic heterocycles. The molecule has 0 radical (unpaired) electrons. The van der Waals surface area contributed by atoms with Crippen LogP contribution < -0.4 is 10.6 Å². The monoisotopic (exact) mass is 232 g/mol. The van der Waals surface area contributed by atoms with Crippen molar-refractivity contribution in [2.45, 2.75) is 32.6 Å². The van der Waals surface area contributed by atoms with Gasteiger partial charge in [-0.2, -0.15) is 0 Å². The van der Waals surface area contributed by atoms with Crippen LogP contribution >= 0.6 is 0 Å². The molecule has 2 heteroatoms. The molecule has 0 atom stereocenters. The Balaban J connectivity index is 1.99. The Morgan fingerprint density at radius 3 is 2.47 bits per heavy atom. The van der Waals surface area contributed by atoms with Gasteiger partial charge in [0.05, 0.1) is 0 Å². The Kier molecular flexibility index (Phi) is 4.43. The third-order valence-corrected chi connectivity index (χ3v) is 3.73. The molecule has 1 saturated carbocycles. The van der Waals surface area contributed by atoms with E-state index in [1.807, 2.05) is 0 Å². The van der Waals surface area contributed by atoms with Crippen LogP contribution in [0.1, 0.15) is 31.2 Å². The predicted molar refractivity (Wildman–Crippen MR) is 74.4 cm³/mol. The number of hydrogen-bond acceptors (Lipinski definition) is 2. The van der Waals surface area contributed by atoms with Crippen molar-refractivity contribution in [2.75, 3.05) is 24.5 Å². The van der Waals surface area contributed by atoms with Crippen LogP contribution in [0.5, 0.6) is 0 Å². The third-order valence-electron chi connectivity index (χ3n) is 3.73. The van der Waals surface area contributed by atoms with E-state index >= 15 is 0 Å². The highest BCUT2D eigenvalue weighted by Gasteiger charge is 2.20. The number of anilines is 1. The Hall–Kier alpha value is -1.02. The Morgan fingerprint density at radius 2 is 1.94 bits per heavy atom. The van der Waals surface area contributed by atoms with Crippen molar-refractivity contribution in [1.82, 2.24) is 0 Å². The summed E-state index contributed by atoms with van der Waals surface area (Å²) >= 11 is 0. The van der Waals surface area contributed by atoms with Crippen molar-refractivity contribution in [3.05, 3.63) is 29.8 Å².